The van der Waals surface area contributed by atoms with Crippen LogP contribution >= 0.6 is 0 Å². The summed E-state index contributed by atoms with van der Waals surface area (Å²) in [6.45, 7) is 12.2. The van der Waals surface area contributed by atoms with E-state index in [0.717, 1.165) is 6.07 Å². The maximum atomic E-state index is 15.6. The predicted molar refractivity (Wildman–Crippen MR) is 153 cm³/mol. The van der Waals surface area contributed by atoms with Crippen LogP contribution in [0.5, 0.6) is 0 Å². The number of rotatable bonds is 3. The van der Waals surface area contributed by atoms with Crippen molar-refractivity contribution in [2.24, 2.45) is 9.36 Å². The summed E-state index contributed by atoms with van der Waals surface area (Å²) < 4.78 is 39.0. The number of alkyl carbamates (subject to hydrolysis) is 1. The zero-order valence-electron chi connectivity index (χ0n) is 24.2. The third-order valence-corrected chi connectivity index (χ3v) is 10.9. The van der Waals surface area contributed by atoms with Gasteiger partial charge in [0.1, 0.15) is 50.8 Å². The van der Waals surface area contributed by atoms with E-state index in [1.165, 1.54) is 18.3 Å². The van der Waals surface area contributed by atoms with Gasteiger partial charge >= 0.3 is 6.09 Å². The monoisotopic (exact) mass is 583 g/mol. The molecule has 2 N–H and O–H groups in total. The van der Waals surface area contributed by atoms with Gasteiger partial charge in [-0.05, 0) is 85.1 Å². The average Bonchev–Trinajstić information content (AvgIpc) is 2.87. The van der Waals surface area contributed by atoms with Crippen molar-refractivity contribution in [1.29, 1.82) is 5.26 Å². The van der Waals surface area contributed by atoms with Crippen LogP contribution in [0.15, 0.2) is 33.8 Å². The maximum Gasteiger partial charge on any atom is 0.413 e. The van der Waals surface area contributed by atoms with Gasteiger partial charge in [-0.2, -0.15) is 5.26 Å². The summed E-state index contributed by atoms with van der Waals surface area (Å²) >= 11 is 0. The summed E-state index contributed by atoms with van der Waals surface area (Å²) in [5.41, 5.74) is -1.57. The Hall–Kier alpha value is -3.92. The van der Waals surface area contributed by atoms with Crippen LogP contribution in [0.1, 0.15) is 81.7 Å². The van der Waals surface area contributed by atoms with Gasteiger partial charge in [-0.15, -0.1) is 0 Å². The van der Waals surface area contributed by atoms with Crippen LogP contribution in [0.3, 0.4) is 0 Å². The second kappa shape index (κ2) is 10.5. The third-order valence-electron chi connectivity index (χ3n) is 7.17. The van der Waals surface area contributed by atoms with E-state index in [-0.39, 0.29) is 23.0 Å². The Labute approximate surface area is 239 Å². The van der Waals surface area contributed by atoms with Crippen LogP contribution in [0.25, 0.3) is 0 Å². The molecule has 3 atom stereocenters. The average molecular weight is 584 g/mol. The zero-order chi connectivity index (χ0) is 30.4. The van der Waals surface area contributed by atoms with Crippen LogP contribution < -0.4 is 10.6 Å². The topological polar surface area (TPSA) is 159 Å². The Morgan fingerprint density at radius 2 is 1.93 bits per heavy atom. The molecule has 1 unspecified atom stereocenters. The van der Waals surface area contributed by atoms with Gasteiger partial charge in [0.2, 0.25) is 0 Å². The number of ether oxygens (including phenoxy) is 1. The number of anilines is 1. The van der Waals surface area contributed by atoms with E-state index in [1.54, 1.807) is 48.5 Å². The van der Waals surface area contributed by atoms with Crippen LogP contribution in [0.2, 0.25) is 0 Å². The molecule has 13 heteroatoms. The number of aryl methyl sites for hydroxylation is 1. The Balaban J connectivity index is 1.80. The van der Waals surface area contributed by atoms with E-state index < -0.39 is 48.7 Å². The first-order valence-electron chi connectivity index (χ1n) is 13.2. The molecule has 11 nitrogen and oxygen atoms in total. The highest BCUT2D eigenvalue weighted by Gasteiger charge is 2.57. The Bertz CT molecular complexity index is 1620. The van der Waals surface area contributed by atoms with Gasteiger partial charge in [0, 0.05) is 12.7 Å². The summed E-state index contributed by atoms with van der Waals surface area (Å²) in [6, 6.07) is 5.96. The highest BCUT2D eigenvalue weighted by atomic mass is 32.2. The molecular weight excluding hydrogens is 549 g/mol. The van der Waals surface area contributed by atoms with E-state index in [4.69, 9.17) is 15.0 Å². The Morgan fingerprint density at radius 3 is 2.56 bits per heavy atom. The lowest BCUT2D eigenvalue weighted by Crippen LogP contribution is -2.62. The Kier molecular flexibility index (Phi) is 7.68. The number of hydrogen-bond acceptors (Lipinski definition) is 9. The van der Waals surface area contributed by atoms with E-state index in [2.05, 4.69) is 25.0 Å². The third kappa shape index (κ3) is 5.53. The summed E-state index contributed by atoms with van der Waals surface area (Å²) in [4.78, 5) is 39.1. The maximum absolute atomic E-state index is 15.6. The van der Waals surface area contributed by atoms with Crippen molar-refractivity contribution in [2.45, 2.75) is 82.4 Å². The van der Waals surface area contributed by atoms with E-state index in [0.29, 0.717) is 30.5 Å². The number of nitrogens with zero attached hydrogens (tertiary/aromatic N) is 5. The molecule has 2 aliphatic heterocycles. The van der Waals surface area contributed by atoms with Crippen LogP contribution in [-0.2, 0) is 20.0 Å². The fourth-order valence-electron chi connectivity index (χ4n) is 5.11. The molecule has 2 aliphatic rings. The first kappa shape index (κ1) is 30.0. The van der Waals surface area contributed by atoms with Crippen molar-refractivity contribution in [2.75, 3.05) is 11.9 Å². The molecule has 4 heterocycles. The molecule has 0 fully saturated rings. The molecule has 0 aromatic carbocycles. The molecule has 2 aromatic rings. The number of hydrogen-bond donors (Lipinski definition) is 2. The van der Waals surface area contributed by atoms with Crippen LogP contribution in [0.4, 0.5) is 15.0 Å². The number of aliphatic imine (C=N–C) groups is 1. The van der Waals surface area contributed by atoms with Gasteiger partial charge in [-0.1, -0.05) is 0 Å². The number of nitrogens with one attached hydrogen (secondary N) is 2. The molecule has 0 saturated heterocycles. The molecule has 218 valence electrons. The van der Waals surface area contributed by atoms with Gasteiger partial charge in [0.05, 0.1) is 20.5 Å². The van der Waals surface area contributed by atoms with Gasteiger partial charge in [-0.25, -0.2) is 27.7 Å². The van der Waals surface area contributed by atoms with Crippen LogP contribution in [0, 0.1) is 24.1 Å². The fourth-order valence-corrected chi connectivity index (χ4v) is 8.37. The second-order valence-corrected chi connectivity index (χ2v) is 14.8. The number of aromatic nitrogens is 2. The number of amidine groups is 1. The van der Waals surface area contributed by atoms with E-state index >= 15 is 4.39 Å². The normalized spacial score (nSPS) is 25.0. The van der Waals surface area contributed by atoms with Crippen molar-refractivity contribution < 1.29 is 22.9 Å². The highest BCUT2D eigenvalue weighted by Crippen LogP contribution is 2.47. The number of nitriles is 1. The lowest BCUT2D eigenvalue weighted by molar-refractivity contribution is 0.0560. The minimum Gasteiger partial charge on any atom is -0.444 e. The SMILES string of the molecule is Cc1cc(C#N)cnc1C(=O)Nc1ccc(F)c([C@@]2(C)N=C(NC(=O)OC(C)(C)C)C(C)(C)S3(=O)=NCCC[C@@H]23)n1. The molecule has 0 bridgehead atoms. The molecule has 0 aliphatic carbocycles. The number of carbonyl (C=O) groups is 2. The largest absolute Gasteiger partial charge is 0.444 e. The molecule has 0 saturated carbocycles. The van der Waals surface area contributed by atoms with Crippen molar-refractivity contribution in [1.82, 2.24) is 15.3 Å². The Morgan fingerprint density at radius 1 is 1.22 bits per heavy atom. The standard InChI is InChI=1S/C28H34FN7O4S/c1-16-13-17(14-30)15-31-21(16)23(37)34-20-11-10-18(29)22(33-20)28(7)19-9-8-12-32-41(19,39)27(5,6)24(36-28)35-25(38)40-26(2,3)4/h10-11,13,15,19H,8-9,12H2,1-7H3,(H,33,34,37)(H,35,36,38)/t19-,28-,41?/m0/s1. The minimum absolute atomic E-state index is 0.0270. The van der Waals surface area contributed by atoms with Crippen molar-refractivity contribution >= 4 is 33.4 Å². The van der Waals surface area contributed by atoms with Gasteiger partial charge in [-0.3, -0.25) is 15.1 Å². The number of pyridine rings is 2. The second-order valence-electron chi connectivity index (χ2n) is 11.8. The highest BCUT2D eigenvalue weighted by molar-refractivity contribution is 7.96. The van der Waals surface area contributed by atoms with Crippen LogP contribution in [-0.4, -0.2) is 54.2 Å². The zero-order valence-corrected chi connectivity index (χ0v) is 25.0. The summed E-state index contributed by atoms with van der Waals surface area (Å²) in [7, 11) is -3.12. The van der Waals surface area contributed by atoms with Gasteiger partial charge in [0.25, 0.3) is 5.91 Å². The first-order valence-corrected chi connectivity index (χ1v) is 14.8. The van der Waals surface area contributed by atoms with E-state index in [9.17, 15) is 13.8 Å². The lowest BCUT2D eigenvalue weighted by atomic mass is 9.89. The predicted octanol–water partition coefficient (Wildman–Crippen LogP) is 4.61. The molecule has 2 amide bonds. The smallest absolute Gasteiger partial charge is 0.413 e. The van der Waals surface area contributed by atoms with Crippen molar-refractivity contribution in [3.05, 3.63) is 52.7 Å². The molecular formula is C28H34FN7O4S. The molecule has 0 radical (unpaired) electrons. The number of fused-ring (bicyclic) bond motifs is 1. The van der Waals surface area contributed by atoms with Crippen molar-refractivity contribution in [3.8, 4) is 6.07 Å². The lowest BCUT2D eigenvalue weighted by Gasteiger charge is -2.48. The van der Waals surface area contributed by atoms with Crippen molar-refractivity contribution in [3.63, 3.8) is 0 Å². The van der Waals surface area contributed by atoms with E-state index in [1.807, 2.05) is 6.07 Å². The summed E-state index contributed by atoms with van der Waals surface area (Å²) in [5.74, 6) is -1.24. The summed E-state index contributed by atoms with van der Waals surface area (Å²) in [6.07, 6.45) is 1.56. The number of halogens is 1. The summed E-state index contributed by atoms with van der Waals surface area (Å²) in [5, 5.41) is 13.6. The van der Waals surface area contributed by atoms with Gasteiger partial charge in [0.15, 0.2) is 0 Å². The number of amides is 2. The fraction of sp³-hybridized carbons (Fsp3) is 0.500. The molecule has 41 heavy (non-hydrogen) atoms. The first-order chi connectivity index (χ1) is 19.0. The molecule has 0 spiro atoms. The van der Waals surface area contributed by atoms with Gasteiger partial charge < -0.3 is 10.1 Å². The number of carbonyl (C=O) groups excluding carboxylic acids is 2. The quantitative estimate of drug-likeness (QED) is 0.534. The minimum atomic E-state index is -3.12. The molecule has 4 rings (SSSR count). The molecule has 2 aromatic heterocycles.